The molecular weight excluding hydrogens is 254 g/mol. The second kappa shape index (κ2) is 6.12. The number of hydrogen-bond donors (Lipinski definition) is 1. The summed E-state index contributed by atoms with van der Waals surface area (Å²) in [4.78, 5) is 3.95. The molecule has 0 saturated heterocycles. The van der Waals surface area contributed by atoms with Gasteiger partial charge in [0.15, 0.2) is 5.82 Å². The van der Waals surface area contributed by atoms with Crippen molar-refractivity contribution in [2.45, 2.75) is 19.6 Å². The van der Waals surface area contributed by atoms with Crippen molar-refractivity contribution in [1.82, 2.24) is 25.2 Å². The second-order valence-corrected chi connectivity index (χ2v) is 4.48. The van der Waals surface area contributed by atoms with Crippen molar-refractivity contribution in [1.29, 1.82) is 0 Å². The molecule has 1 N–H and O–H groups in total. The predicted molar refractivity (Wildman–Crippen MR) is 72.6 cm³/mol. The molecule has 0 amide bonds. The van der Waals surface area contributed by atoms with Crippen LogP contribution >= 0.6 is 0 Å². The molecule has 2 heterocycles. The van der Waals surface area contributed by atoms with E-state index in [1.807, 2.05) is 35.3 Å². The molecule has 0 aliphatic carbocycles. The highest BCUT2D eigenvalue weighted by Gasteiger charge is 2.01. The maximum Gasteiger partial charge on any atom is 0.213 e. The van der Waals surface area contributed by atoms with Crippen LogP contribution in [0.4, 0.5) is 0 Å². The van der Waals surface area contributed by atoms with Crippen LogP contribution in [0.25, 0.3) is 0 Å². The van der Waals surface area contributed by atoms with Gasteiger partial charge >= 0.3 is 0 Å². The van der Waals surface area contributed by atoms with Crippen molar-refractivity contribution in [2.75, 3.05) is 0 Å². The van der Waals surface area contributed by atoms with Crippen LogP contribution in [0.2, 0.25) is 0 Å². The van der Waals surface area contributed by atoms with Gasteiger partial charge in [-0.05, 0) is 5.56 Å². The number of benzene rings is 1. The van der Waals surface area contributed by atoms with E-state index in [9.17, 15) is 0 Å². The average Bonchev–Trinajstić information content (AvgIpc) is 3.12. The Bertz CT molecular complexity index is 633. The molecular formula is C14H15N5O. The molecule has 0 spiro atoms. The summed E-state index contributed by atoms with van der Waals surface area (Å²) in [7, 11) is 0. The van der Waals surface area contributed by atoms with E-state index in [1.165, 1.54) is 12.0 Å². The third-order valence-electron chi connectivity index (χ3n) is 2.89. The summed E-state index contributed by atoms with van der Waals surface area (Å²) >= 11 is 0. The number of hydrogen-bond acceptors (Lipinski definition) is 5. The van der Waals surface area contributed by atoms with Crippen molar-refractivity contribution in [2.24, 2.45) is 0 Å². The zero-order chi connectivity index (χ0) is 13.6. The van der Waals surface area contributed by atoms with Gasteiger partial charge in [0.1, 0.15) is 0 Å². The maximum atomic E-state index is 4.67. The first-order valence-electron chi connectivity index (χ1n) is 6.41. The summed E-state index contributed by atoms with van der Waals surface area (Å²) in [6.07, 6.45) is 5.23. The molecule has 20 heavy (non-hydrogen) atoms. The highest BCUT2D eigenvalue weighted by atomic mass is 16.5. The van der Waals surface area contributed by atoms with Gasteiger partial charge in [0.05, 0.1) is 19.3 Å². The molecule has 102 valence electrons. The molecule has 0 aliphatic heterocycles. The summed E-state index contributed by atoms with van der Waals surface area (Å²) in [6, 6.07) is 10.3. The van der Waals surface area contributed by atoms with Gasteiger partial charge in [-0.2, -0.15) is 10.1 Å². The van der Waals surface area contributed by atoms with E-state index < -0.39 is 0 Å². The zero-order valence-corrected chi connectivity index (χ0v) is 10.9. The molecule has 0 bridgehead atoms. The summed E-state index contributed by atoms with van der Waals surface area (Å²) < 4.78 is 6.60. The molecule has 0 aliphatic rings. The standard InChI is InChI=1S/C14H15N5O/c1-2-4-12(5-3-1)9-19-10-13(7-17-19)6-15-8-14-16-11-20-18-14/h1-5,7,10-11,15H,6,8-9H2. The minimum atomic E-state index is 0.584. The molecule has 0 radical (unpaired) electrons. The zero-order valence-electron chi connectivity index (χ0n) is 10.9. The van der Waals surface area contributed by atoms with Crippen molar-refractivity contribution in [3.63, 3.8) is 0 Å². The van der Waals surface area contributed by atoms with Crippen LogP contribution in [0, 0.1) is 0 Å². The smallest absolute Gasteiger partial charge is 0.213 e. The molecule has 2 aromatic heterocycles. The van der Waals surface area contributed by atoms with Crippen LogP contribution in [0.5, 0.6) is 0 Å². The van der Waals surface area contributed by atoms with Crippen molar-refractivity contribution in [3.8, 4) is 0 Å². The lowest BCUT2D eigenvalue weighted by molar-refractivity contribution is 0.407. The van der Waals surface area contributed by atoms with Gasteiger partial charge in [-0.3, -0.25) is 4.68 Å². The van der Waals surface area contributed by atoms with Gasteiger partial charge in [-0.1, -0.05) is 35.5 Å². The molecule has 0 saturated carbocycles. The van der Waals surface area contributed by atoms with Crippen LogP contribution in [-0.2, 0) is 19.6 Å². The third kappa shape index (κ3) is 3.30. The summed E-state index contributed by atoms with van der Waals surface area (Å²) in [5, 5.41) is 11.3. The second-order valence-electron chi connectivity index (χ2n) is 4.48. The Morgan fingerprint density at radius 1 is 1.10 bits per heavy atom. The Labute approximate surface area is 116 Å². The van der Waals surface area contributed by atoms with Crippen LogP contribution in [0.15, 0.2) is 53.6 Å². The Morgan fingerprint density at radius 3 is 2.80 bits per heavy atom. The van der Waals surface area contributed by atoms with Gasteiger partial charge in [-0.15, -0.1) is 0 Å². The van der Waals surface area contributed by atoms with Crippen LogP contribution in [0.1, 0.15) is 17.0 Å². The molecule has 3 aromatic rings. The monoisotopic (exact) mass is 269 g/mol. The summed E-state index contributed by atoms with van der Waals surface area (Å²) in [5.41, 5.74) is 2.37. The van der Waals surface area contributed by atoms with E-state index in [0.717, 1.165) is 18.7 Å². The number of rotatable bonds is 6. The fraction of sp³-hybridized carbons (Fsp3) is 0.214. The molecule has 1 aromatic carbocycles. The lowest BCUT2D eigenvalue weighted by Gasteiger charge is -2.01. The molecule has 3 rings (SSSR count). The van der Waals surface area contributed by atoms with Crippen LogP contribution < -0.4 is 5.32 Å². The van der Waals surface area contributed by atoms with Gasteiger partial charge in [0.2, 0.25) is 6.39 Å². The molecule has 0 atom stereocenters. The van der Waals surface area contributed by atoms with Crippen LogP contribution in [0.3, 0.4) is 0 Å². The van der Waals surface area contributed by atoms with E-state index in [-0.39, 0.29) is 0 Å². The fourth-order valence-corrected chi connectivity index (χ4v) is 1.94. The minimum absolute atomic E-state index is 0.584. The van der Waals surface area contributed by atoms with E-state index in [0.29, 0.717) is 12.4 Å². The Balaban J connectivity index is 1.52. The Hall–Kier alpha value is -2.47. The number of nitrogens with one attached hydrogen (secondary N) is 1. The number of aromatic nitrogens is 4. The quantitative estimate of drug-likeness (QED) is 0.736. The van der Waals surface area contributed by atoms with Gasteiger partial charge < -0.3 is 9.84 Å². The van der Waals surface area contributed by atoms with E-state index in [1.54, 1.807) is 0 Å². The molecule has 6 nitrogen and oxygen atoms in total. The average molecular weight is 269 g/mol. The Morgan fingerprint density at radius 2 is 2.00 bits per heavy atom. The lowest BCUT2D eigenvalue weighted by Crippen LogP contribution is -2.13. The molecule has 6 heteroatoms. The normalized spacial score (nSPS) is 10.8. The van der Waals surface area contributed by atoms with Crippen molar-refractivity contribution < 1.29 is 4.52 Å². The maximum absolute atomic E-state index is 4.67. The van der Waals surface area contributed by atoms with Crippen molar-refractivity contribution in [3.05, 3.63) is 66.1 Å². The molecule has 0 unspecified atom stereocenters. The summed E-state index contributed by atoms with van der Waals surface area (Å²) in [6.45, 7) is 2.09. The van der Waals surface area contributed by atoms with E-state index in [2.05, 4.69) is 37.2 Å². The highest BCUT2D eigenvalue weighted by molar-refractivity contribution is 5.15. The first-order valence-corrected chi connectivity index (χ1v) is 6.41. The van der Waals surface area contributed by atoms with Gasteiger partial charge in [0, 0.05) is 18.3 Å². The third-order valence-corrected chi connectivity index (χ3v) is 2.89. The number of nitrogens with zero attached hydrogens (tertiary/aromatic N) is 4. The predicted octanol–water partition coefficient (Wildman–Crippen LogP) is 1.60. The first-order chi connectivity index (χ1) is 9.90. The topological polar surface area (TPSA) is 68.8 Å². The highest BCUT2D eigenvalue weighted by Crippen LogP contribution is 2.04. The summed E-state index contributed by atoms with van der Waals surface area (Å²) in [5.74, 6) is 0.654. The van der Waals surface area contributed by atoms with E-state index in [4.69, 9.17) is 0 Å². The minimum Gasteiger partial charge on any atom is -0.343 e. The Kier molecular flexibility index (Phi) is 3.84. The lowest BCUT2D eigenvalue weighted by atomic mass is 10.2. The van der Waals surface area contributed by atoms with Gasteiger partial charge in [0.25, 0.3) is 0 Å². The SMILES string of the molecule is c1ccc(Cn2cc(CNCc3ncon3)cn2)cc1. The van der Waals surface area contributed by atoms with E-state index >= 15 is 0 Å². The van der Waals surface area contributed by atoms with Crippen LogP contribution in [-0.4, -0.2) is 19.9 Å². The fourth-order valence-electron chi connectivity index (χ4n) is 1.94. The largest absolute Gasteiger partial charge is 0.343 e. The first kappa shape index (κ1) is 12.6. The van der Waals surface area contributed by atoms with Gasteiger partial charge in [-0.25, -0.2) is 0 Å². The molecule has 0 fully saturated rings. The van der Waals surface area contributed by atoms with Crippen molar-refractivity contribution >= 4 is 0 Å².